The molecule has 1 aromatic heterocycles. The molecule has 1 aliphatic carbocycles. The first kappa shape index (κ1) is 19.1. The van der Waals surface area contributed by atoms with Crippen molar-refractivity contribution in [1.82, 2.24) is 0 Å². The number of thiophene rings is 1. The molecule has 6 nitrogen and oxygen atoms in total. The Labute approximate surface area is 158 Å². The van der Waals surface area contributed by atoms with Gasteiger partial charge in [-0.15, -0.1) is 11.3 Å². The van der Waals surface area contributed by atoms with Crippen molar-refractivity contribution in [2.45, 2.75) is 26.4 Å². The van der Waals surface area contributed by atoms with Gasteiger partial charge in [-0.25, -0.2) is 0 Å². The topological polar surface area (TPSA) is 76.7 Å². The minimum Gasteiger partial charge on any atom is -0.493 e. The number of methoxy groups -OCH3 is 1. The van der Waals surface area contributed by atoms with E-state index in [1.165, 1.54) is 25.3 Å². The number of carbonyl (C=O) groups is 2. The Morgan fingerprint density at radius 2 is 1.93 bits per heavy atom. The summed E-state index contributed by atoms with van der Waals surface area (Å²) < 4.78 is 34.4. The van der Waals surface area contributed by atoms with Gasteiger partial charge in [-0.1, -0.05) is 0 Å². The van der Waals surface area contributed by atoms with E-state index >= 15 is 0 Å². The smallest absolute Gasteiger partial charge is 0.387 e. The summed E-state index contributed by atoms with van der Waals surface area (Å²) in [6.07, 6.45) is 1.79. The highest BCUT2D eigenvalue weighted by atomic mass is 32.1. The molecule has 1 aliphatic rings. The van der Waals surface area contributed by atoms with Crippen LogP contribution in [-0.2, 0) is 4.79 Å². The number of anilines is 2. The lowest BCUT2D eigenvalue weighted by atomic mass is 10.2. The van der Waals surface area contributed by atoms with E-state index in [1.807, 2.05) is 0 Å². The second kappa shape index (κ2) is 7.91. The predicted octanol–water partition coefficient (Wildman–Crippen LogP) is 4.27. The fourth-order valence-corrected chi connectivity index (χ4v) is 3.44. The summed E-state index contributed by atoms with van der Waals surface area (Å²) in [5.74, 6) is -0.418. The van der Waals surface area contributed by atoms with E-state index in [4.69, 9.17) is 4.74 Å². The standard InChI is InChI=1S/C18H18F2N2O4S/c1-9-7-14(22-16(23)10-3-4-10)27-15(9)17(24)21-11-5-6-12(25-2)13(8-11)26-18(19)20/h5-8,10,18H,3-4H2,1-2H3,(H,21,24)(H,22,23). The van der Waals surface area contributed by atoms with Crippen molar-refractivity contribution < 1.29 is 27.8 Å². The first-order valence-electron chi connectivity index (χ1n) is 8.23. The number of alkyl halides is 2. The normalized spacial score (nSPS) is 13.4. The highest BCUT2D eigenvalue weighted by Gasteiger charge is 2.30. The van der Waals surface area contributed by atoms with Crippen LogP contribution in [0.1, 0.15) is 28.1 Å². The number of halogens is 2. The molecule has 2 amide bonds. The molecule has 0 bridgehead atoms. The molecular formula is C18H18F2N2O4S. The van der Waals surface area contributed by atoms with Gasteiger partial charge in [0.25, 0.3) is 5.91 Å². The Morgan fingerprint density at radius 1 is 1.19 bits per heavy atom. The van der Waals surface area contributed by atoms with Gasteiger partial charge in [-0.2, -0.15) is 8.78 Å². The second-order valence-corrected chi connectivity index (χ2v) is 7.14. The number of aryl methyl sites for hydroxylation is 1. The van der Waals surface area contributed by atoms with Gasteiger partial charge in [0.15, 0.2) is 11.5 Å². The van der Waals surface area contributed by atoms with Crippen molar-refractivity contribution in [1.29, 1.82) is 0 Å². The van der Waals surface area contributed by atoms with Gasteiger partial charge >= 0.3 is 6.61 Å². The maximum Gasteiger partial charge on any atom is 0.387 e. The van der Waals surface area contributed by atoms with Crippen molar-refractivity contribution in [3.05, 3.63) is 34.7 Å². The molecule has 1 aromatic carbocycles. The summed E-state index contributed by atoms with van der Waals surface area (Å²) in [6, 6.07) is 5.95. The molecule has 0 radical (unpaired) electrons. The lowest BCUT2D eigenvalue weighted by Gasteiger charge is -2.12. The molecule has 27 heavy (non-hydrogen) atoms. The third-order valence-corrected chi connectivity index (χ3v) is 5.11. The average molecular weight is 396 g/mol. The summed E-state index contributed by atoms with van der Waals surface area (Å²) in [6.45, 7) is -1.25. The molecule has 1 fully saturated rings. The Morgan fingerprint density at radius 3 is 2.56 bits per heavy atom. The van der Waals surface area contributed by atoms with Gasteiger partial charge in [-0.3, -0.25) is 9.59 Å². The van der Waals surface area contributed by atoms with E-state index in [9.17, 15) is 18.4 Å². The third-order valence-electron chi connectivity index (χ3n) is 3.96. The largest absolute Gasteiger partial charge is 0.493 e. The van der Waals surface area contributed by atoms with Crippen LogP contribution in [0.4, 0.5) is 19.5 Å². The van der Waals surface area contributed by atoms with E-state index in [0.29, 0.717) is 15.4 Å². The number of hydrogen-bond acceptors (Lipinski definition) is 5. The lowest BCUT2D eigenvalue weighted by Crippen LogP contribution is -2.12. The SMILES string of the molecule is COc1ccc(NC(=O)c2sc(NC(=O)C3CC3)cc2C)cc1OC(F)F. The van der Waals surface area contributed by atoms with Crippen LogP contribution in [0.3, 0.4) is 0 Å². The summed E-state index contributed by atoms with van der Waals surface area (Å²) in [7, 11) is 1.33. The zero-order chi connectivity index (χ0) is 19.6. The van der Waals surface area contributed by atoms with Gasteiger partial charge in [0.1, 0.15) is 0 Å². The summed E-state index contributed by atoms with van der Waals surface area (Å²) >= 11 is 1.16. The van der Waals surface area contributed by atoms with Gasteiger partial charge in [-0.05, 0) is 43.5 Å². The van der Waals surface area contributed by atoms with Crippen LogP contribution in [0.25, 0.3) is 0 Å². The highest BCUT2D eigenvalue weighted by molar-refractivity contribution is 7.18. The molecule has 1 heterocycles. The zero-order valence-corrected chi connectivity index (χ0v) is 15.5. The third kappa shape index (κ3) is 4.73. The molecule has 1 saturated carbocycles. The molecule has 0 saturated heterocycles. The van der Waals surface area contributed by atoms with Gasteiger partial charge in [0.05, 0.1) is 17.0 Å². The Bertz CT molecular complexity index is 865. The van der Waals surface area contributed by atoms with E-state index in [1.54, 1.807) is 13.0 Å². The molecule has 0 atom stereocenters. The summed E-state index contributed by atoms with van der Waals surface area (Å²) in [4.78, 5) is 24.8. The predicted molar refractivity (Wildman–Crippen MR) is 98.0 cm³/mol. The van der Waals surface area contributed by atoms with E-state index < -0.39 is 12.5 Å². The summed E-state index contributed by atoms with van der Waals surface area (Å²) in [5.41, 5.74) is 0.994. The number of ether oxygens (including phenoxy) is 2. The fourth-order valence-electron chi connectivity index (χ4n) is 2.47. The van der Waals surface area contributed by atoms with Crippen LogP contribution in [0.2, 0.25) is 0 Å². The molecular weight excluding hydrogens is 378 g/mol. The minimum atomic E-state index is -3.01. The Kier molecular flexibility index (Phi) is 5.59. The van der Waals surface area contributed by atoms with Crippen LogP contribution in [0, 0.1) is 12.8 Å². The maximum absolute atomic E-state index is 12.5. The van der Waals surface area contributed by atoms with E-state index in [2.05, 4.69) is 15.4 Å². The number of rotatable bonds is 7. The number of hydrogen-bond donors (Lipinski definition) is 2. The first-order chi connectivity index (χ1) is 12.9. The fraction of sp³-hybridized carbons (Fsp3) is 0.333. The van der Waals surface area contributed by atoms with Crippen LogP contribution in [0.5, 0.6) is 11.5 Å². The monoisotopic (exact) mass is 396 g/mol. The van der Waals surface area contributed by atoms with Gasteiger partial charge < -0.3 is 20.1 Å². The quantitative estimate of drug-likeness (QED) is 0.733. The van der Waals surface area contributed by atoms with Crippen molar-refractivity contribution in [2.24, 2.45) is 5.92 Å². The average Bonchev–Trinajstić information content (AvgIpc) is 3.38. The molecule has 2 N–H and O–H groups in total. The Hall–Kier alpha value is -2.68. The zero-order valence-electron chi connectivity index (χ0n) is 14.7. The van der Waals surface area contributed by atoms with Gasteiger partial charge in [0, 0.05) is 17.7 Å². The van der Waals surface area contributed by atoms with Crippen molar-refractivity contribution in [2.75, 3.05) is 17.7 Å². The molecule has 2 aromatic rings. The molecule has 0 unspecified atom stereocenters. The lowest BCUT2D eigenvalue weighted by molar-refractivity contribution is -0.117. The van der Waals surface area contributed by atoms with E-state index in [0.717, 1.165) is 24.2 Å². The minimum absolute atomic E-state index is 0.0350. The van der Waals surface area contributed by atoms with Gasteiger partial charge in [0.2, 0.25) is 5.91 Å². The molecule has 0 spiro atoms. The molecule has 9 heteroatoms. The van der Waals surface area contributed by atoms with Crippen LogP contribution in [0.15, 0.2) is 24.3 Å². The first-order valence-corrected chi connectivity index (χ1v) is 9.04. The second-order valence-electron chi connectivity index (χ2n) is 6.08. The van der Waals surface area contributed by atoms with Crippen molar-refractivity contribution in [3.8, 4) is 11.5 Å². The number of benzene rings is 1. The number of carbonyl (C=O) groups excluding carboxylic acids is 2. The van der Waals surface area contributed by atoms with Crippen LogP contribution in [-0.4, -0.2) is 25.5 Å². The van der Waals surface area contributed by atoms with Crippen LogP contribution >= 0.6 is 11.3 Å². The number of nitrogens with one attached hydrogen (secondary N) is 2. The Balaban J connectivity index is 1.73. The highest BCUT2D eigenvalue weighted by Crippen LogP contribution is 2.34. The molecule has 3 rings (SSSR count). The molecule has 144 valence electrons. The van der Waals surface area contributed by atoms with E-state index in [-0.39, 0.29) is 29.0 Å². The van der Waals surface area contributed by atoms with Crippen LogP contribution < -0.4 is 20.1 Å². The van der Waals surface area contributed by atoms with Crippen molar-refractivity contribution in [3.63, 3.8) is 0 Å². The maximum atomic E-state index is 12.5. The summed E-state index contributed by atoms with van der Waals surface area (Å²) in [5, 5.41) is 6.06. The van der Waals surface area contributed by atoms with Crippen molar-refractivity contribution >= 4 is 33.8 Å². The molecule has 0 aliphatic heterocycles. The number of amides is 2.